The van der Waals surface area contributed by atoms with E-state index in [0.29, 0.717) is 18.1 Å². The number of thiazole rings is 1. The number of pyridine rings is 1. The fourth-order valence-electron chi connectivity index (χ4n) is 1.29. The molecule has 0 atom stereocenters. The van der Waals surface area contributed by atoms with Gasteiger partial charge < -0.3 is 16.0 Å². The molecule has 0 saturated heterocycles. The molecule has 2 heterocycles. The fraction of sp³-hybridized carbons (Fsp3) is 0.200. The van der Waals surface area contributed by atoms with Gasteiger partial charge in [-0.25, -0.2) is 4.98 Å². The van der Waals surface area contributed by atoms with Crippen LogP contribution in [0.15, 0.2) is 22.3 Å². The van der Waals surface area contributed by atoms with Crippen LogP contribution >= 0.6 is 11.3 Å². The van der Waals surface area contributed by atoms with Crippen molar-refractivity contribution >= 4 is 22.8 Å². The molecular formula is C10H12N4OS. The summed E-state index contributed by atoms with van der Waals surface area (Å²) < 4.78 is 0. The van der Waals surface area contributed by atoms with Crippen LogP contribution in [-0.4, -0.2) is 9.97 Å². The van der Waals surface area contributed by atoms with Crippen LogP contribution in [0.2, 0.25) is 0 Å². The van der Waals surface area contributed by atoms with E-state index in [1.165, 1.54) is 0 Å². The van der Waals surface area contributed by atoms with Crippen molar-refractivity contribution in [3.8, 4) is 0 Å². The molecule has 4 N–H and O–H groups in total. The lowest BCUT2D eigenvalue weighted by atomic mass is 10.3. The Labute approximate surface area is 96.3 Å². The van der Waals surface area contributed by atoms with E-state index in [9.17, 15) is 4.79 Å². The van der Waals surface area contributed by atoms with Crippen molar-refractivity contribution in [2.45, 2.75) is 13.5 Å². The third kappa shape index (κ3) is 2.40. The van der Waals surface area contributed by atoms with Gasteiger partial charge in [-0.05, 0) is 19.1 Å². The molecule has 2 aromatic rings. The van der Waals surface area contributed by atoms with E-state index in [1.807, 2.05) is 13.0 Å². The zero-order valence-corrected chi connectivity index (χ0v) is 9.60. The van der Waals surface area contributed by atoms with Gasteiger partial charge in [0.2, 0.25) is 0 Å². The summed E-state index contributed by atoms with van der Waals surface area (Å²) in [6.45, 7) is 2.41. The van der Waals surface area contributed by atoms with Crippen molar-refractivity contribution in [2.75, 3.05) is 11.1 Å². The Hall–Kier alpha value is -1.82. The molecule has 0 amide bonds. The second kappa shape index (κ2) is 4.36. The quantitative estimate of drug-likeness (QED) is 0.750. The number of aromatic nitrogens is 2. The second-order valence-corrected chi connectivity index (χ2v) is 4.26. The lowest BCUT2D eigenvalue weighted by molar-refractivity contribution is 1.03. The third-order valence-corrected chi connectivity index (χ3v) is 2.80. The zero-order chi connectivity index (χ0) is 11.5. The van der Waals surface area contributed by atoms with Gasteiger partial charge in [0.1, 0.15) is 5.82 Å². The lowest BCUT2D eigenvalue weighted by Crippen LogP contribution is -2.06. The van der Waals surface area contributed by atoms with Crippen LogP contribution in [0, 0.1) is 6.92 Å². The Kier molecular flexibility index (Phi) is 2.91. The van der Waals surface area contributed by atoms with Gasteiger partial charge >= 0.3 is 4.87 Å². The Morgan fingerprint density at radius 2 is 2.38 bits per heavy atom. The first-order valence-electron chi connectivity index (χ1n) is 4.79. The molecule has 0 aliphatic heterocycles. The smallest absolute Gasteiger partial charge is 0.304 e. The van der Waals surface area contributed by atoms with E-state index < -0.39 is 0 Å². The molecule has 0 aliphatic rings. The van der Waals surface area contributed by atoms with Gasteiger partial charge in [-0.1, -0.05) is 11.3 Å². The summed E-state index contributed by atoms with van der Waals surface area (Å²) in [5, 5.41) is 4.86. The first-order valence-corrected chi connectivity index (χ1v) is 5.67. The lowest BCUT2D eigenvalue weighted by Gasteiger charge is -2.07. The highest BCUT2D eigenvalue weighted by Crippen LogP contribution is 2.15. The number of anilines is 2. The van der Waals surface area contributed by atoms with E-state index >= 15 is 0 Å². The van der Waals surface area contributed by atoms with Crippen molar-refractivity contribution < 1.29 is 0 Å². The summed E-state index contributed by atoms with van der Waals surface area (Å²) in [6, 6.07) is 3.66. The second-order valence-electron chi connectivity index (χ2n) is 3.42. The van der Waals surface area contributed by atoms with Gasteiger partial charge in [-0.2, -0.15) is 0 Å². The van der Waals surface area contributed by atoms with Crippen LogP contribution in [0.25, 0.3) is 0 Å². The summed E-state index contributed by atoms with van der Waals surface area (Å²) >= 11 is 1.14. The Bertz CT molecular complexity index is 546. The first-order chi connectivity index (χ1) is 7.65. The minimum absolute atomic E-state index is 0.0537. The molecule has 0 unspecified atom stereocenters. The van der Waals surface area contributed by atoms with Gasteiger partial charge in [0.05, 0.1) is 12.2 Å². The Balaban J connectivity index is 2.10. The minimum atomic E-state index is -0.0537. The number of hydrogen-bond acceptors (Lipinski definition) is 5. The highest BCUT2D eigenvalue weighted by Gasteiger charge is 2.02. The molecule has 0 aromatic carbocycles. The van der Waals surface area contributed by atoms with E-state index in [0.717, 1.165) is 22.7 Å². The molecule has 16 heavy (non-hydrogen) atoms. The van der Waals surface area contributed by atoms with Crippen LogP contribution < -0.4 is 15.9 Å². The van der Waals surface area contributed by atoms with Crippen LogP contribution in [0.4, 0.5) is 11.5 Å². The summed E-state index contributed by atoms with van der Waals surface area (Å²) in [5.41, 5.74) is 8.09. The molecule has 84 valence electrons. The number of nitrogens with two attached hydrogens (primary N) is 1. The number of hydrogen-bond donors (Lipinski definition) is 3. The molecule has 0 saturated carbocycles. The van der Waals surface area contributed by atoms with Crippen molar-refractivity contribution in [1.29, 1.82) is 0 Å². The molecule has 2 aromatic heterocycles. The van der Waals surface area contributed by atoms with Crippen molar-refractivity contribution in [1.82, 2.24) is 9.97 Å². The number of H-pyrrole nitrogens is 1. The van der Waals surface area contributed by atoms with Gasteiger partial charge in [-0.15, -0.1) is 0 Å². The Morgan fingerprint density at radius 1 is 1.56 bits per heavy atom. The number of nitrogen functional groups attached to an aromatic ring is 1. The van der Waals surface area contributed by atoms with Crippen LogP contribution in [0.1, 0.15) is 11.4 Å². The summed E-state index contributed by atoms with van der Waals surface area (Å²) in [6.07, 6.45) is 0. The standard InChI is InChI=1S/C10H12N4OS/c1-6-2-3-8(11)9(13-6)12-4-7-5-16-10(15)14-7/h2-3,5H,4,11H2,1H3,(H,12,13)(H,14,15). The maximum absolute atomic E-state index is 10.9. The van der Waals surface area contributed by atoms with E-state index in [4.69, 9.17) is 5.73 Å². The van der Waals surface area contributed by atoms with Gasteiger partial charge in [0.15, 0.2) is 0 Å². The fourth-order valence-corrected chi connectivity index (χ4v) is 1.87. The topological polar surface area (TPSA) is 83.8 Å². The number of aromatic amines is 1. The van der Waals surface area contributed by atoms with Crippen molar-refractivity contribution in [3.63, 3.8) is 0 Å². The van der Waals surface area contributed by atoms with Crippen molar-refractivity contribution in [3.05, 3.63) is 38.6 Å². The number of rotatable bonds is 3. The molecule has 2 rings (SSSR count). The van der Waals surface area contributed by atoms with Gasteiger partial charge in [0, 0.05) is 16.8 Å². The molecule has 0 aliphatic carbocycles. The number of aryl methyl sites for hydroxylation is 1. The predicted molar refractivity (Wildman–Crippen MR) is 65.7 cm³/mol. The number of nitrogens with one attached hydrogen (secondary N) is 2. The summed E-state index contributed by atoms with van der Waals surface area (Å²) in [4.78, 5) is 17.8. The summed E-state index contributed by atoms with van der Waals surface area (Å²) in [5.74, 6) is 0.645. The highest BCUT2D eigenvalue weighted by atomic mass is 32.1. The predicted octanol–water partition coefficient (Wildman–Crippen LogP) is 1.33. The average molecular weight is 236 g/mol. The SMILES string of the molecule is Cc1ccc(N)c(NCc2csc(=O)[nH]2)n1. The first kappa shape index (κ1) is 10.7. The Morgan fingerprint density at radius 3 is 3.06 bits per heavy atom. The molecule has 0 bridgehead atoms. The van der Waals surface area contributed by atoms with E-state index in [2.05, 4.69) is 15.3 Å². The maximum Gasteiger partial charge on any atom is 0.304 e. The number of nitrogens with zero attached hydrogens (tertiary/aromatic N) is 1. The highest BCUT2D eigenvalue weighted by molar-refractivity contribution is 7.07. The average Bonchev–Trinajstić information content (AvgIpc) is 2.66. The third-order valence-electron chi connectivity index (χ3n) is 2.08. The normalized spacial score (nSPS) is 10.3. The molecule has 6 heteroatoms. The molecule has 0 spiro atoms. The van der Waals surface area contributed by atoms with Crippen LogP contribution in [0.5, 0.6) is 0 Å². The van der Waals surface area contributed by atoms with Crippen molar-refractivity contribution in [2.24, 2.45) is 0 Å². The molecule has 0 fully saturated rings. The van der Waals surface area contributed by atoms with E-state index in [1.54, 1.807) is 11.4 Å². The van der Waals surface area contributed by atoms with E-state index in [-0.39, 0.29) is 4.87 Å². The summed E-state index contributed by atoms with van der Waals surface area (Å²) in [7, 11) is 0. The van der Waals surface area contributed by atoms with Gasteiger partial charge in [0.25, 0.3) is 0 Å². The minimum Gasteiger partial charge on any atom is -0.396 e. The van der Waals surface area contributed by atoms with Gasteiger partial charge in [-0.3, -0.25) is 4.79 Å². The largest absolute Gasteiger partial charge is 0.396 e. The monoisotopic (exact) mass is 236 g/mol. The molecule has 0 radical (unpaired) electrons. The van der Waals surface area contributed by atoms with Crippen LogP contribution in [0.3, 0.4) is 0 Å². The van der Waals surface area contributed by atoms with Crippen LogP contribution in [-0.2, 0) is 6.54 Å². The molecular weight excluding hydrogens is 224 g/mol. The maximum atomic E-state index is 10.9. The zero-order valence-electron chi connectivity index (χ0n) is 8.78. The molecule has 5 nitrogen and oxygen atoms in total.